The molecule has 0 saturated heterocycles. The van der Waals surface area contributed by atoms with E-state index in [4.69, 9.17) is 9.26 Å². The number of thioether (sulfide) groups is 1. The molecule has 0 aliphatic heterocycles. The first-order valence-electron chi connectivity index (χ1n) is 8.14. The fourth-order valence-electron chi connectivity index (χ4n) is 2.46. The lowest BCUT2D eigenvalue weighted by molar-refractivity contribution is 0.0453. The van der Waals surface area contributed by atoms with E-state index in [2.05, 4.69) is 20.1 Å². The number of rotatable bonds is 6. The van der Waals surface area contributed by atoms with Crippen molar-refractivity contribution in [3.63, 3.8) is 0 Å². The van der Waals surface area contributed by atoms with E-state index in [1.165, 1.54) is 23.1 Å². The van der Waals surface area contributed by atoms with Gasteiger partial charge in [-0.1, -0.05) is 11.2 Å². The van der Waals surface area contributed by atoms with Crippen LogP contribution in [0.15, 0.2) is 43.9 Å². The van der Waals surface area contributed by atoms with Crippen molar-refractivity contribution in [3.8, 4) is 22.2 Å². The number of hydrogen-bond donors (Lipinski definition) is 0. The molecule has 0 aliphatic rings. The second-order valence-electron chi connectivity index (χ2n) is 5.60. The molecule has 0 amide bonds. The summed E-state index contributed by atoms with van der Waals surface area (Å²) in [4.78, 5) is 26.8. The minimum absolute atomic E-state index is 0.0909. The molecule has 0 fully saturated rings. The van der Waals surface area contributed by atoms with Crippen molar-refractivity contribution in [2.45, 2.75) is 18.6 Å². The van der Waals surface area contributed by atoms with Crippen molar-refractivity contribution >= 4 is 40.4 Å². The van der Waals surface area contributed by atoms with Crippen molar-refractivity contribution < 1.29 is 14.1 Å². The number of aromatic nitrogens is 4. The topological polar surface area (TPSA) is 91.0 Å². The molecule has 10 heteroatoms. The number of nitrogens with zero attached hydrogens (tertiary/aromatic N) is 4. The molecule has 0 saturated carbocycles. The van der Waals surface area contributed by atoms with E-state index in [1.807, 2.05) is 40.6 Å². The molecule has 4 heterocycles. The number of carbonyl (C=O) groups excluding carboxylic acids is 1. The van der Waals surface area contributed by atoms with Crippen LogP contribution in [0, 0.1) is 6.92 Å². The van der Waals surface area contributed by atoms with Gasteiger partial charge in [-0.2, -0.15) is 16.3 Å². The highest BCUT2D eigenvalue weighted by Crippen LogP contribution is 2.28. The van der Waals surface area contributed by atoms with Crippen LogP contribution in [0.25, 0.3) is 22.2 Å². The van der Waals surface area contributed by atoms with Crippen molar-refractivity contribution in [3.05, 3.63) is 51.4 Å². The average molecular weight is 431 g/mol. The summed E-state index contributed by atoms with van der Waals surface area (Å²) in [5.41, 5.74) is 1.77. The van der Waals surface area contributed by atoms with Crippen molar-refractivity contribution in [1.82, 2.24) is 20.1 Å². The molecule has 0 bridgehead atoms. The molecule has 4 rings (SSSR count). The third-order valence-corrected chi connectivity index (χ3v) is 6.00. The van der Waals surface area contributed by atoms with Gasteiger partial charge in [0.25, 0.3) is 5.89 Å². The number of esters is 1. The van der Waals surface area contributed by atoms with Gasteiger partial charge >= 0.3 is 5.97 Å². The molecule has 7 nitrogen and oxygen atoms in total. The molecule has 4 aromatic heterocycles. The summed E-state index contributed by atoms with van der Waals surface area (Å²) in [6.07, 6.45) is 1.86. The standard InChI is InChI=1S/C18H14N4O3S3/c1-10-14(17(26-2)21-15(19-10)12-4-3-6-28-12)18(23)24-8-13-20-16(25-22-13)11-5-7-27-9-11/h3-7,9H,8H2,1-2H3. The number of thiophene rings is 2. The first kappa shape index (κ1) is 18.8. The summed E-state index contributed by atoms with van der Waals surface area (Å²) in [6.45, 7) is 1.69. The zero-order chi connectivity index (χ0) is 19.5. The van der Waals surface area contributed by atoms with Crippen molar-refractivity contribution in [2.75, 3.05) is 6.26 Å². The molecule has 0 aromatic carbocycles. The Kier molecular flexibility index (Phi) is 5.51. The van der Waals surface area contributed by atoms with Gasteiger partial charge in [-0.15, -0.1) is 23.1 Å². The summed E-state index contributed by atoms with van der Waals surface area (Å²) >= 11 is 4.46. The van der Waals surface area contributed by atoms with Crippen LogP contribution in [0.2, 0.25) is 0 Å². The summed E-state index contributed by atoms with van der Waals surface area (Å²) in [6, 6.07) is 5.77. The molecule has 0 atom stereocenters. The monoisotopic (exact) mass is 430 g/mol. The lowest BCUT2D eigenvalue weighted by Crippen LogP contribution is -2.12. The Hall–Kier alpha value is -2.56. The molecule has 0 radical (unpaired) electrons. The van der Waals surface area contributed by atoms with E-state index in [1.54, 1.807) is 18.3 Å². The number of carbonyl (C=O) groups is 1. The SMILES string of the molecule is CSc1nc(-c2cccs2)nc(C)c1C(=O)OCc1noc(-c2ccsc2)n1. The lowest BCUT2D eigenvalue weighted by atomic mass is 10.2. The van der Waals surface area contributed by atoms with Gasteiger partial charge in [-0.25, -0.2) is 14.8 Å². The minimum Gasteiger partial charge on any atom is -0.454 e. The molecule has 0 spiro atoms. The zero-order valence-electron chi connectivity index (χ0n) is 14.9. The smallest absolute Gasteiger partial charge is 0.343 e. The molecule has 0 unspecified atom stereocenters. The Morgan fingerprint density at radius 2 is 2.14 bits per heavy atom. The van der Waals surface area contributed by atoms with E-state index in [0.717, 1.165) is 10.4 Å². The van der Waals surface area contributed by atoms with Gasteiger partial charge in [0.2, 0.25) is 5.82 Å². The van der Waals surface area contributed by atoms with E-state index < -0.39 is 5.97 Å². The fraction of sp³-hybridized carbons (Fsp3) is 0.167. The van der Waals surface area contributed by atoms with Gasteiger partial charge in [0.05, 0.1) is 16.1 Å². The zero-order valence-corrected chi connectivity index (χ0v) is 17.4. The Labute approximate surface area is 172 Å². The Bertz CT molecular complexity index is 1090. The predicted molar refractivity (Wildman–Crippen MR) is 109 cm³/mol. The van der Waals surface area contributed by atoms with Gasteiger partial charge in [-0.05, 0) is 36.1 Å². The van der Waals surface area contributed by atoms with Crippen LogP contribution in [0.5, 0.6) is 0 Å². The third kappa shape index (κ3) is 3.84. The summed E-state index contributed by atoms with van der Waals surface area (Å²) < 4.78 is 10.6. The van der Waals surface area contributed by atoms with Gasteiger partial charge in [-0.3, -0.25) is 0 Å². The van der Waals surface area contributed by atoms with Gasteiger partial charge in [0.1, 0.15) is 10.6 Å². The van der Waals surface area contributed by atoms with E-state index in [9.17, 15) is 4.79 Å². The largest absolute Gasteiger partial charge is 0.454 e. The van der Waals surface area contributed by atoms with Crippen molar-refractivity contribution in [1.29, 1.82) is 0 Å². The van der Waals surface area contributed by atoms with Crippen LogP contribution in [-0.2, 0) is 11.3 Å². The normalized spacial score (nSPS) is 10.9. The highest BCUT2D eigenvalue weighted by molar-refractivity contribution is 7.98. The molecule has 28 heavy (non-hydrogen) atoms. The molecular weight excluding hydrogens is 416 g/mol. The predicted octanol–water partition coefficient (Wildman–Crippen LogP) is 4.70. The van der Waals surface area contributed by atoms with Crippen LogP contribution in [0.3, 0.4) is 0 Å². The van der Waals surface area contributed by atoms with Crippen LogP contribution in [0.1, 0.15) is 21.9 Å². The number of aryl methyl sites for hydroxylation is 1. The fourth-order valence-corrected chi connectivity index (χ4v) is 4.36. The van der Waals surface area contributed by atoms with E-state index >= 15 is 0 Å². The Morgan fingerprint density at radius 3 is 2.86 bits per heavy atom. The molecular formula is C18H14N4O3S3. The molecule has 0 aliphatic carbocycles. The maximum atomic E-state index is 12.7. The van der Waals surface area contributed by atoms with E-state index in [-0.39, 0.29) is 6.61 Å². The number of ether oxygens (including phenoxy) is 1. The average Bonchev–Trinajstić information content (AvgIpc) is 3.47. The summed E-state index contributed by atoms with van der Waals surface area (Å²) in [5, 5.41) is 10.2. The maximum Gasteiger partial charge on any atom is 0.343 e. The van der Waals surface area contributed by atoms with Crippen LogP contribution in [0.4, 0.5) is 0 Å². The quantitative estimate of drug-likeness (QED) is 0.247. The molecule has 4 aromatic rings. The lowest BCUT2D eigenvalue weighted by Gasteiger charge is -2.10. The van der Waals surface area contributed by atoms with E-state index in [0.29, 0.717) is 33.8 Å². The van der Waals surface area contributed by atoms with Gasteiger partial charge in [0, 0.05) is 5.38 Å². The Balaban J connectivity index is 1.52. The van der Waals surface area contributed by atoms with Crippen LogP contribution < -0.4 is 0 Å². The molecule has 142 valence electrons. The number of hydrogen-bond acceptors (Lipinski definition) is 10. The second kappa shape index (κ2) is 8.21. The van der Waals surface area contributed by atoms with Crippen LogP contribution >= 0.6 is 34.4 Å². The minimum atomic E-state index is -0.513. The summed E-state index contributed by atoms with van der Waals surface area (Å²) in [5.74, 6) is 0.791. The van der Waals surface area contributed by atoms with Gasteiger partial charge in [0.15, 0.2) is 12.4 Å². The second-order valence-corrected chi connectivity index (χ2v) is 8.12. The van der Waals surface area contributed by atoms with Crippen molar-refractivity contribution in [2.24, 2.45) is 0 Å². The highest BCUT2D eigenvalue weighted by Gasteiger charge is 2.21. The first-order valence-corrected chi connectivity index (χ1v) is 11.2. The Morgan fingerprint density at radius 1 is 1.25 bits per heavy atom. The highest BCUT2D eigenvalue weighted by atomic mass is 32.2. The first-order chi connectivity index (χ1) is 13.7. The summed E-state index contributed by atoms with van der Waals surface area (Å²) in [7, 11) is 0. The molecule has 0 N–H and O–H groups in total. The van der Waals surface area contributed by atoms with Crippen LogP contribution in [-0.4, -0.2) is 32.3 Å². The van der Waals surface area contributed by atoms with Gasteiger partial charge < -0.3 is 9.26 Å². The maximum absolute atomic E-state index is 12.7. The third-order valence-electron chi connectivity index (χ3n) is 3.76.